The standard InChI is InChI=1S/C19H25N3O2/c1-5-21(6-2)22(23)20-24-14-8-10-17-9-7-11-18-15(3)12-13-16(4)19(17)18/h7-13H,5-6,14H2,1-4H3/b10-8+,22-20+. The maximum absolute atomic E-state index is 11.6. The average Bonchev–Trinajstić information content (AvgIpc) is 2.59. The predicted octanol–water partition coefficient (Wildman–Crippen LogP) is 4.62. The molecule has 0 aliphatic rings. The van der Waals surface area contributed by atoms with Gasteiger partial charge >= 0.3 is 0 Å². The van der Waals surface area contributed by atoms with E-state index in [0.717, 1.165) is 5.56 Å². The van der Waals surface area contributed by atoms with E-state index in [0.29, 0.717) is 18.1 Å². The van der Waals surface area contributed by atoms with Crippen molar-refractivity contribution in [1.82, 2.24) is 5.01 Å². The molecule has 0 saturated carbocycles. The summed E-state index contributed by atoms with van der Waals surface area (Å²) in [4.78, 5) is 5.58. The zero-order valence-electron chi connectivity index (χ0n) is 14.8. The maximum atomic E-state index is 11.6. The van der Waals surface area contributed by atoms with Crippen molar-refractivity contribution in [3.63, 3.8) is 0 Å². The molecule has 0 unspecified atom stereocenters. The molecule has 0 N–H and O–H groups in total. The lowest BCUT2D eigenvalue weighted by atomic mass is 9.96. The number of hydrogen-bond acceptors (Lipinski definition) is 3. The molecular formula is C19H25N3O2. The van der Waals surface area contributed by atoms with E-state index in [-0.39, 0.29) is 6.61 Å². The second-order valence-electron chi connectivity index (χ2n) is 5.64. The summed E-state index contributed by atoms with van der Waals surface area (Å²) in [5.41, 5.74) is 3.65. The first-order valence-electron chi connectivity index (χ1n) is 8.29. The summed E-state index contributed by atoms with van der Waals surface area (Å²) in [6.07, 6.45) is 3.88. The van der Waals surface area contributed by atoms with Gasteiger partial charge < -0.3 is 10.0 Å². The van der Waals surface area contributed by atoms with Crippen LogP contribution in [0, 0.1) is 19.1 Å². The minimum Gasteiger partial charge on any atom is -0.569 e. The molecule has 0 atom stereocenters. The smallest absolute Gasteiger partial charge is 0.233 e. The van der Waals surface area contributed by atoms with E-state index in [4.69, 9.17) is 4.84 Å². The molecule has 0 fully saturated rings. The number of hydrazine groups is 1. The minimum absolute atomic E-state index is 0.251. The third kappa shape index (κ3) is 4.04. The second kappa shape index (κ2) is 8.34. The van der Waals surface area contributed by atoms with Gasteiger partial charge in [0.1, 0.15) is 6.61 Å². The van der Waals surface area contributed by atoms with Crippen LogP contribution in [-0.4, -0.2) is 29.7 Å². The van der Waals surface area contributed by atoms with Crippen LogP contribution in [0.2, 0.25) is 0 Å². The van der Waals surface area contributed by atoms with Crippen molar-refractivity contribution in [3.05, 3.63) is 58.3 Å². The fraction of sp³-hybridized carbons (Fsp3) is 0.368. The molecule has 0 spiro atoms. The Morgan fingerprint density at radius 2 is 1.83 bits per heavy atom. The Morgan fingerprint density at radius 1 is 1.12 bits per heavy atom. The largest absolute Gasteiger partial charge is 0.569 e. The van der Waals surface area contributed by atoms with Crippen LogP contribution < -0.4 is 0 Å². The molecule has 2 aromatic carbocycles. The Kier molecular flexibility index (Phi) is 6.18. The molecular weight excluding hydrogens is 302 g/mol. The lowest BCUT2D eigenvalue weighted by Crippen LogP contribution is -2.30. The number of benzene rings is 2. The lowest BCUT2D eigenvalue weighted by molar-refractivity contribution is -0.709. The van der Waals surface area contributed by atoms with Crippen LogP contribution in [0.1, 0.15) is 30.5 Å². The summed E-state index contributed by atoms with van der Waals surface area (Å²) in [5.74, 6) is 0. The molecule has 0 aromatic heterocycles. The van der Waals surface area contributed by atoms with E-state index in [1.807, 2.05) is 26.0 Å². The molecule has 24 heavy (non-hydrogen) atoms. The van der Waals surface area contributed by atoms with Crippen LogP contribution in [0.25, 0.3) is 16.8 Å². The zero-order valence-corrected chi connectivity index (χ0v) is 14.8. The Hall–Kier alpha value is -2.56. The van der Waals surface area contributed by atoms with Crippen molar-refractivity contribution in [2.24, 2.45) is 5.28 Å². The SMILES string of the molecule is CCN(CC)/[N+]([O-])=N\OC/C=C/c1cccc2c(C)ccc(C)c12. The summed E-state index contributed by atoms with van der Waals surface area (Å²) in [6.45, 7) is 9.47. The van der Waals surface area contributed by atoms with Gasteiger partial charge in [-0.2, -0.15) is 0 Å². The summed E-state index contributed by atoms with van der Waals surface area (Å²) >= 11 is 0. The summed E-state index contributed by atoms with van der Waals surface area (Å²) in [7, 11) is 0. The van der Waals surface area contributed by atoms with Crippen molar-refractivity contribution < 1.29 is 9.81 Å². The third-order valence-corrected chi connectivity index (χ3v) is 4.07. The summed E-state index contributed by atoms with van der Waals surface area (Å²) in [6, 6.07) is 10.6. The zero-order chi connectivity index (χ0) is 17.5. The Labute approximate surface area is 143 Å². The maximum Gasteiger partial charge on any atom is 0.233 e. The quantitative estimate of drug-likeness (QED) is 0.323. The fourth-order valence-electron chi connectivity index (χ4n) is 2.72. The normalized spacial score (nSPS) is 12.1. The number of rotatable bonds is 7. The van der Waals surface area contributed by atoms with Crippen LogP contribution in [0.15, 0.2) is 41.7 Å². The Morgan fingerprint density at radius 3 is 2.54 bits per heavy atom. The Balaban J connectivity index is 2.09. The van der Waals surface area contributed by atoms with Crippen molar-refractivity contribution in [2.75, 3.05) is 19.7 Å². The van der Waals surface area contributed by atoms with Gasteiger partial charge in [-0.05, 0) is 61.2 Å². The van der Waals surface area contributed by atoms with E-state index in [1.54, 1.807) is 0 Å². The van der Waals surface area contributed by atoms with E-state index >= 15 is 0 Å². The molecule has 5 nitrogen and oxygen atoms in total. The fourth-order valence-corrected chi connectivity index (χ4v) is 2.72. The Bertz CT molecular complexity index is 750. The second-order valence-corrected chi connectivity index (χ2v) is 5.64. The van der Waals surface area contributed by atoms with Gasteiger partial charge in [0.25, 0.3) is 0 Å². The van der Waals surface area contributed by atoms with Crippen molar-refractivity contribution in [2.45, 2.75) is 27.7 Å². The van der Waals surface area contributed by atoms with E-state index in [1.165, 1.54) is 26.9 Å². The molecule has 0 bridgehead atoms. The molecule has 0 radical (unpaired) electrons. The van der Waals surface area contributed by atoms with Crippen LogP contribution >= 0.6 is 0 Å². The molecule has 5 heteroatoms. The van der Waals surface area contributed by atoms with Crippen LogP contribution in [-0.2, 0) is 4.84 Å². The molecule has 0 saturated heterocycles. The number of aryl methyl sites for hydroxylation is 2. The first-order chi connectivity index (χ1) is 11.6. The average molecular weight is 327 g/mol. The molecule has 0 heterocycles. The highest BCUT2D eigenvalue weighted by Crippen LogP contribution is 2.26. The first-order valence-corrected chi connectivity index (χ1v) is 8.29. The molecule has 128 valence electrons. The van der Waals surface area contributed by atoms with Crippen molar-refractivity contribution in [3.8, 4) is 0 Å². The van der Waals surface area contributed by atoms with E-state index in [9.17, 15) is 5.21 Å². The van der Waals surface area contributed by atoms with Crippen LogP contribution in [0.4, 0.5) is 0 Å². The number of fused-ring (bicyclic) bond motifs is 1. The number of nitrogens with zero attached hydrogens (tertiary/aromatic N) is 3. The predicted molar refractivity (Wildman–Crippen MR) is 97.4 cm³/mol. The van der Waals surface area contributed by atoms with Gasteiger partial charge in [-0.1, -0.05) is 36.4 Å². The summed E-state index contributed by atoms with van der Waals surface area (Å²) < 4.78 is 0. The van der Waals surface area contributed by atoms with E-state index < -0.39 is 0 Å². The topological polar surface area (TPSA) is 50.9 Å². The van der Waals surface area contributed by atoms with Gasteiger partial charge in [0.2, 0.25) is 5.28 Å². The third-order valence-electron chi connectivity index (χ3n) is 4.07. The molecule has 2 aromatic rings. The molecule has 0 amide bonds. The highest BCUT2D eigenvalue weighted by Gasteiger charge is 2.06. The van der Waals surface area contributed by atoms with Crippen LogP contribution in [0.3, 0.4) is 0 Å². The minimum atomic E-state index is 0.251. The van der Waals surface area contributed by atoms with Gasteiger partial charge in [-0.15, -0.1) is 5.01 Å². The van der Waals surface area contributed by atoms with Gasteiger partial charge in [0.15, 0.2) is 0 Å². The summed E-state index contributed by atoms with van der Waals surface area (Å²) in [5, 5.41) is 19.2. The number of hydrogen-bond donors (Lipinski definition) is 0. The molecule has 2 rings (SSSR count). The van der Waals surface area contributed by atoms with Crippen molar-refractivity contribution >= 4 is 16.8 Å². The highest BCUT2D eigenvalue weighted by atomic mass is 16.7. The molecule has 0 aliphatic carbocycles. The lowest BCUT2D eigenvalue weighted by Gasteiger charge is -2.12. The van der Waals surface area contributed by atoms with E-state index in [2.05, 4.69) is 49.5 Å². The molecule has 0 aliphatic heterocycles. The highest BCUT2D eigenvalue weighted by molar-refractivity contribution is 5.95. The van der Waals surface area contributed by atoms with Gasteiger partial charge in [0.05, 0.1) is 18.1 Å². The van der Waals surface area contributed by atoms with Gasteiger partial charge in [-0.25, -0.2) is 0 Å². The van der Waals surface area contributed by atoms with Gasteiger partial charge in [0, 0.05) is 0 Å². The van der Waals surface area contributed by atoms with Crippen LogP contribution in [0.5, 0.6) is 0 Å². The van der Waals surface area contributed by atoms with Crippen molar-refractivity contribution in [1.29, 1.82) is 0 Å². The monoisotopic (exact) mass is 327 g/mol. The first kappa shape index (κ1) is 17.8. The van der Waals surface area contributed by atoms with Gasteiger partial charge in [-0.3, -0.25) is 0 Å².